The van der Waals surface area contributed by atoms with Gasteiger partial charge in [0.05, 0.1) is 19.8 Å². The second-order valence-electron chi connectivity index (χ2n) is 7.33. The van der Waals surface area contributed by atoms with E-state index in [9.17, 15) is 0 Å². The lowest BCUT2D eigenvalue weighted by atomic mass is 10.1. The molecular formula is C23H32N4O2. The van der Waals surface area contributed by atoms with Gasteiger partial charge in [-0.25, -0.2) is 0 Å². The Morgan fingerprint density at radius 1 is 1.14 bits per heavy atom. The maximum absolute atomic E-state index is 5.64. The Hall–Kier alpha value is -2.57. The minimum Gasteiger partial charge on any atom is -0.496 e. The first-order chi connectivity index (χ1) is 14.2. The van der Waals surface area contributed by atoms with Crippen LogP contribution in [-0.2, 0) is 24.4 Å². The molecule has 2 aromatic carbocycles. The third kappa shape index (κ3) is 6.48. The van der Waals surface area contributed by atoms with Gasteiger partial charge in [-0.2, -0.15) is 0 Å². The molecule has 6 nitrogen and oxygen atoms in total. The van der Waals surface area contributed by atoms with Gasteiger partial charge >= 0.3 is 0 Å². The highest BCUT2D eigenvalue weighted by Crippen LogP contribution is 2.16. The van der Waals surface area contributed by atoms with Crippen molar-refractivity contribution in [1.82, 2.24) is 15.5 Å². The summed E-state index contributed by atoms with van der Waals surface area (Å²) in [7, 11) is 3.48. The predicted octanol–water partition coefficient (Wildman–Crippen LogP) is 2.78. The summed E-state index contributed by atoms with van der Waals surface area (Å²) in [6, 6.07) is 16.7. The summed E-state index contributed by atoms with van der Waals surface area (Å²) in [6.07, 6.45) is 0.311. The monoisotopic (exact) mass is 396 g/mol. The van der Waals surface area contributed by atoms with Gasteiger partial charge in [-0.3, -0.25) is 9.89 Å². The van der Waals surface area contributed by atoms with Crippen LogP contribution in [0.3, 0.4) is 0 Å². The zero-order valence-corrected chi connectivity index (χ0v) is 17.6. The fourth-order valence-corrected chi connectivity index (χ4v) is 3.56. The van der Waals surface area contributed by atoms with E-state index in [-0.39, 0.29) is 0 Å². The molecule has 1 aliphatic rings. The third-order valence-electron chi connectivity index (χ3n) is 5.05. The van der Waals surface area contributed by atoms with Crippen molar-refractivity contribution < 1.29 is 9.47 Å². The van der Waals surface area contributed by atoms with E-state index >= 15 is 0 Å². The molecule has 1 saturated heterocycles. The summed E-state index contributed by atoms with van der Waals surface area (Å²) in [5.74, 6) is 1.64. The SMILES string of the molecule is CN=C(NCc1cccc(CN2CCOC(C)C2)c1)NCc1ccccc1OC. The van der Waals surface area contributed by atoms with Crippen molar-refractivity contribution in [2.45, 2.75) is 32.7 Å². The minimum absolute atomic E-state index is 0.311. The average Bonchev–Trinajstić information content (AvgIpc) is 2.74. The lowest BCUT2D eigenvalue weighted by Gasteiger charge is -2.31. The van der Waals surface area contributed by atoms with E-state index in [0.29, 0.717) is 12.6 Å². The average molecular weight is 397 g/mol. The molecule has 156 valence electrons. The Kier molecular flexibility index (Phi) is 7.90. The van der Waals surface area contributed by atoms with E-state index in [1.165, 1.54) is 11.1 Å². The van der Waals surface area contributed by atoms with Crippen molar-refractivity contribution in [2.75, 3.05) is 33.9 Å². The molecule has 29 heavy (non-hydrogen) atoms. The zero-order valence-electron chi connectivity index (χ0n) is 17.6. The van der Waals surface area contributed by atoms with E-state index in [2.05, 4.69) is 57.8 Å². The predicted molar refractivity (Wildman–Crippen MR) is 117 cm³/mol. The molecule has 0 bridgehead atoms. The molecule has 1 aliphatic heterocycles. The van der Waals surface area contributed by atoms with E-state index < -0.39 is 0 Å². The number of methoxy groups -OCH3 is 1. The molecule has 2 N–H and O–H groups in total. The van der Waals surface area contributed by atoms with Crippen LogP contribution in [0.2, 0.25) is 0 Å². The van der Waals surface area contributed by atoms with E-state index in [4.69, 9.17) is 9.47 Å². The largest absolute Gasteiger partial charge is 0.496 e. The number of hydrogen-bond donors (Lipinski definition) is 2. The zero-order chi connectivity index (χ0) is 20.5. The maximum atomic E-state index is 5.64. The van der Waals surface area contributed by atoms with Crippen LogP contribution in [0.15, 0.2) is 53.5 Å². The van der Waals surface area contributed by atoms with E-state index in [1.54, 1.807) is 14.2 Å². The van der Waals surface area contributed by atoms with E-state index in [1.807, 2.05) is 18.2 Å². The fraction of sp³-hybridized carbons (Fsp3) is 0.435. The molecule has 1 heterocycles. The molecule has 1 fully saturated rings. The molecule has 1 unspecified atom stereocenters. The Bertz CT molecular complexity index is 809. The summed E-state index contributed by atoms with van der Waals surface area (Å²) in [5, 5.41) is 6.75. The van der Waals surface area contributed by atoms with Gasteiger partial charge in [0.25, 0.3) is 0 Å². The summed E-state index contributed by atoms with van der Waals surface area (Å²) in [5.41, 5.74) is 3.67. The van der Waals surface area contributed by atoms with Gasteiger partial charge in [-0.1, -0.05) is 42.5 Å². The van der Waals surface area contributed by atoms with Crippen molar-refractivity contribution in [3.63, 3.8) is 0 Å². The summed E-state index contributed by atoms with van der Waals surface area (Å²) >= 11 is 0. The molecule has 0 aromatic heterocycles. The number of guanidine groups is 1. The Morgan fingerprint density at radius 3 is 2.72 bits per heavy atom. The molecule has 0 spiro atoms. The van der Waals surface area contributed by atoms with E-state index in [0.717, 1.165) is 50.1 Å². The van der Waals surface area contributed by atoms with Crippen LogP contribution in [0.4, 0.5) is 0 Å². The van der Waals surface area contributed by atoms with Crippen molar-refractivity contribution in [1.29, 1.82) is 0 Å². The maximum Gasteiger partial charge on any atom is 0.191 e. The van der Waals surface area contributed by atoms with Crippen molar-refractivity contribution in [2.24, 2.45) is 4.99 Å². The molecule has 6 heteroatoms. The van der Waals surface area contributed by atoms with Gasteiger partial charge in [0, 0.05) is 45.3 Å². The van der Waals surface area contributed by atoms with Crippen LogP contribution in [-0.4, -0.2) is 50.8 Å². The molecule has 0 saturated carbocycles. The Morgan fingerprint density at radius 2 is 1.93 bits per heavy atom. The van der Waals surface area contributed by atoms with Gasteiger partial charge in [0.15, 0.2) is 5.96 Å². The van der Waals surface area contributed by atoms with Crippen LogP contribution in [0.25, 0.3) is 0 Å². The highest BCUT2D eigenvalue weighted by molar-refractivity contribution is 5.79. The topological polar surface area (TPSA) is 58.1 Å². The van der Waals surface area contributed by atoms with Gasteiger partial charge in [0.2, 0.25) is 0 Å². The first kappa shape index (κ1) is 21.1. The first-order valence-electron chi connectivity index (χ1n) is 10.2. The number of nitrogens with zero attached hydrogens (tertiary/aromatic N) is 2. The Balaban J connectivity index is 1.51. The van der Waals surface area contributed by atoms with Gasteiger partial charge in [0.1, 0.15) is 5.75 Å². The van der Waals surface area contributed by atoms with Crippen LogP contribution in [0, 0.1) is 0 Å². The first-order valence-corrected chi connectivity index (χ1v) is 10.2. The molecule has 3 rings (SSSR count). The standard InChI is InChI=1S/C23H32N4O2/c1-18-16-27(11-12-29-18)17-20-8-6-7-19(13-20)14-25-23(24-2)26-15-21-9-4-5-10-22(21)28-3/h4-10,13,18H,11-12,14-17H2,1-3H3,(H2,24,25,26). The van der Waals surface area contributed by atoms with Crippen LogP contribution >= 0.6 is 0 Å². The number of nitrogens with one attached hydrogen (secondary N) is 2. The third-order valence-corrected chi connectivity index (χ3v) is 5.05. The Labute approximate surface area is 173 Å². The minimum atomic E-state index is 0.311. The highest BCUT2D eigenvalue weighted by Gasteiger charge is 2.16. The second-order valence-corrected chi connectivity index (χ2v) is 7.33. The number of aliphatic imine (C=N–C) groups is 1. The van der Waals surface area contributed by atoms with Crippen LogP contribution in [0.5, 0.6) is 5.75 Å². The molecule has 0 amide bonds. The summed E-state index contributed by atoms with van der Waals surface area (Å²) in [6.45, 7) is 7.27. The number of para-hydroxylation sites is 1. The highest BCUT2D eigenvalue weighted by atomic mass is 16.5. The van der Waals surface area contributed by atoms with Gasteiger partial charge < -0.3 is 20.1 Å². The second kappa shape index (κ2) is 10.8. The molecular weight excluding hydrogens is 364 g/mol. The number of hydrogen-bond acceptors (Lipinski definition) is 4. The lowest BCUT2D eigenvalue weighted by Crippen LogP contribution is -2.40. The van der Waals surface area contributed by atoms with Crippen molar-refractivity contribution in [3.05, 3.63) is 65.2 Å². The van der Waals surface area contributed by atoms with Gasteiger partial charge in [-0.05, 0) is 24.1 Å². The van der Waals surface area contributed by atoms with Crippen LogP contribution < -0.4 is 15.4 Å². The van der Waals surface area contributed by atoms with Gasteiger partial charge in [-0.15, -0.1) is 0 Å². The summed E-state index contributed by atoms with van der Waals surface area (Å²) in [4.78, 5) is 6.78. The number of rotatable bonds is 7. The van der Waals surface area contributed by atoms with Crippen molar-refractivity contribution in [3.8, 4) is 5.75 Å². The van der Waals surface area contributed by atoms with Crippen LogP contribution in [0.1, 0.15) is 23.6 Å². The molecule has 1 atom stereocenters. The quantitative estimate of drug-likeness (QED) is 0.557. The molecule has 2 aromatic rings. The molecule has 0 aliphatic carbocycles. The fourth-order valence-electron chi connectivity index (χ4n) is 3.56. The normalized spacial score (nSPS) is 17.8. The number of benzene rings is 2. The summed E-state index contributed by atoms with van der Waals surface area (Å²) < 4.78 is 11.0. The number of ether oxygens (including phenoxy) is 2. The lowest BCUT2D eigenvalue weighted by molar-refractivity contribution is -0.0212. The number of morpholine rings is 1. The van der Waals surface area contributed by atoms with Crippen molar-refractivity contribution >= 4 is 5.96 Å². The molecule has 0 radical (unpaired) electrons. The smallest absolute Gasteiger partial charge is 0.191 e.